The predicted molar refractivity (Wildman–Crippen MR) is 90.0 cm³/mol. The molecular weight excluding hydrogens is 296 g/mol. The van der Waals surface area contributed by atoms with Gasteiger partial charge in [0.05, 0.1) is 19.9 Å². The molecule has 0 spiro atoms. The second-order valence-corrected chi connectivity index (χ2v) is 5.66. The van der Waals surface area contributed by atoms with E-state index in [4.69, 9.17) is 9.47 Å². The number of anilines is 1. The summed E-state index contributed by atoms with van der Waals surface area (Å²) < 4.78 is 10.5. The SMILES string of the molecule is COc1ccc(N(CCNC(=O)CC(C)C)C(C)=O)c(OC)c1. The van der Waals surface area contributed by atoms with E-state index >= 15 is 0 Å². The Morgan fingerprint density at radius 1 is 1.22 bits per heavy atom. The molecule has 0 fully saturated rings. The van der Waals surface area contributed by atoms with Gasteiger partial charge in [-0.05, 0) is 18.1 Å². The minimum atomic E-state index is -0.119. The van der Waals surface area contributed by atoms with Gasteiger partial charge in [-0.3, -0.25) is 9.59 Å². The van der Waals surface area contributed by atoms with Gasteiger partial charge in [0.15, 0.2) is 0 Å². The van der Waals surface area contributed by atoms with Gasteiger partial charge in [-0.2, -0.15) is 0 Å². The Bertz CT molecular complexity index is 543. The number of carbonyl (C=O) groups is 2. The van der Waals surface area contributed by atoms with Crippen molar-refractivity contribution in [3.05, 3.63) is 18.2 Å². The number of rotatable bonds is 8. The number of hydrogen-bond acceptors (Lipinski definition) is 4. The van der Waals surface area contributed by atoms with E-state index in [-0.39, 0.29) is 11.8 Å². The molecule has 1 N–H and O–H groups in total. The number of nitrogens with zero attached hydrogens (tertiary/aromatic N) is 1. The Hall–Kier alpha value is -2.24. The number of amides is 2. The molecule has 0 heterocycles. The van der Waals surface area contributed by atoms with E-state index in [1.54, 1.807) is 37.3 Å². The van der Waals surface area contributed by atoms with Crippen LogP contribution in [0.25, 0.3) is 0 Å². The van der Waals surface area contributed by atoms with E-state index in [0.29, 0.717) is 42.6 Å². The van der Waals surface area contributed by atoms with Crippen LogP contribution in [0.3, 0.4) is 0 Å². The van der Waals surface area contributed by atoms with E-state index in [1.165, 1.54) is 6.92 Å². The Kier molecular flexibility index (Phi) is 7.38. The van der Waals surface area contributed by atoms with E-state index < -0.39 is 0 Å². The van der Waals surface area contributed by atoms with Gasteiger partial charge in [0.1, 0.15) is 11.5 Å². The molecule has 0 aliphatic heterocycles. The molecule has 128 valence electrons. The van der Waals surface area contributed by atoms with Crippen molar-refractivity contribution in [2.75, 3.05) is 32.2 Å². The zero-order chi connectivity index (χ0) is 17.4. The highest BCUT2D eigenvalue weighted by Crippen LogP contribution is 2.32. The molecule has 0 saturated heterocycles. The van der Waals surface area contributed by atoms with E-state index in [0.717, 1.165) is 0 Å². The fourth-order valence-corrected chi connectivity index (χ4v) is 2.21. The van der Waals surface area contributed by atoms with Crippen molar-refractivity contribution in [1.29, 1.82) is 0 Å². The molecule has 0 aliphatic carbocycles. The van der Waals surface area contributed by atoms with Gasteiger partial charge in [0, 0.05) is 32.5 Å². The largest absolute Gasteiger partial charge is 0.497 e. The molecular formula is C17H26N2O4. The van der Waals surface area contributed by atoms with Crippen LogP contribution in [0.2, 0.25) is 0 Å². The number of carbonyl (C=O) groups excluding carboxylic acids is 2. The summed E-state index contributed by atoms with van der Waals surface area (Å²) in [5.41, 5.74) is 0.652. The third-order valence-corrected chi connectivity index (χ3v) is 3.31. The van der Waals surface area contributed by atoms with Gasteiger partial charge in [-0.1, -0.05) is 13.8 Å². The lowest BCUT2D eigenvalue weighted by Crippen LogP contribution is -2.38. The summed E-state index contributed by atoms with van der Waals surface area (Å²) in [6.45, 7) is 6.23. The van der Waals surface area contributed by atoms with Crippen molar-refractivity contribution >= 4 is 17.5 Å². The zero-order valence-electron chi connectivity index (χ0n) is 14.5. The maximum Gasteiger partial charge on any atom is 0.224 e. The predicted octanol–water partition coefficient (Wildman–Crippen LogP) is 2.22. The number of hydrogen-bond donors (Lipinski definition) is 1. The number of methoxy groups -OCH3 is 2. The lowest BCUT2D eigenvalue weighted by molar-refractivity contribution is -0.122. The molecule has 0 atom stereocenters. The molecule has 0 radical (unpaired) electrons. The minimum absolute atomic E-state index is 0.00908. The van der Waals surface area contributed by atoms with Crippen LogP contribution < -0.4 is 19.7 Å². The van der Waals surface area contributed by atoms with Gasteiger partial charge < -0.3 is 19.7 Å². The molecule has 0 bridgehead atoms. The maximum absolute atomic E-state index is 11.9. The fourth-order valence-electron chi connectivity index (χ4n) is 2.21. The first-order valence-electron chi connectivity index (χ1n) is 7.65. The third kappa shape index (κ3) is 5.81. The summed E-state index contributed by atoms with van der Waals surface area (Å²) in [7, 11) is 3.11. The fraction of sp³-hybridized carbons (Fsp3) is 0.529. The highest BCUT2D eigenvalue weighted by Gasteiger charge is 2.17. The maximum atomic E-state index is 11.9. The van der Waals surface area contributed by atoms with Crippen molar-refractivity contribution in [2.24, 2.45) is 5.92 Å². The van der Waals surface area contributed by atoms with Crippen molar-refractivity contribution < 1.29 is 19.1 Å². The Balaban J connectivity index is 2.79. The highest BCUT2D eigenvalue weighted by molar-refractivity contribution is 5.93. The van der Waals surface area contributed by atoms with Crippen LogP contribution in [0.4, 0.5) is 5.69 Å². The van der Waals surface area contributed by atoms with Gasteiger partial charge in [0.2, 0.25) is 11.8 Å². The monoisotopic (exact) mass is 322 g/mol. The van der Waals surface area contributed by atoms with Crippen LogP contribution in [-0.2, 0) is 9.59 Å². The molecule has 2 amide bonds. The second-order valence-electron chi connectivity index (χ2n) is 5.66. The van der Waals surface area contributed by atoms with Gasteiger partial charge in [0.25, 0.3) is 0 Å². The van der Waals surface area contributed by atoms with Crippen LogP contribution in [-0.4, -0.2) is 39.1 Å². The van der Waals surface area contributed by atoms with Crippen molar-refractivity contribution in [3.8, 4) is 11.5 Å². The topological polar surface area (TPSA) is 67.9 Å². The van der Waals surface area contributed by atoms with Gasteiger partial charge >= 0.3 is 0 Å². The van der Waals surface area contributed by atoms with Crippen molar-refractivity contribution in [3.63, 3.8) is 0 Å². The zero-order valence-corrected chi connectivity index (χ0v) is 14.5. The second kappa shape index (κ2) is 9.02. The Morgan fingerprint density at radius 3 is 2.43 bits per heavy atom. The molecule has 0 aliphatic rings. The van der Waals surface area contributed by atoms with E-state index in [9.17, 15) is 9.59 Å². The quantitative estimate of drug-likeness (QED) is 0.797. The highest BCUT2D eigenvalue weighted by atomic mass is 16.5. The average molecular weight is 322 g/mol. The van der Waals surface area contributed by atoms with Gasteiger partial charge in [-0.25, -0.2) is 0 Å². The lowest BCUT2D eigenvalue weighted by Gasteiger charge is -2.24. The normalized spacial score (nSPS) is 10.3. The van der Waals surface area contributed by atoms with Crippen LogP contribution >= 0.6 is 0 Å². The lowest BCUT2D eigenvalue weighted by atomic mass is 10.1. The Morgan fingerprint density at radius 2 is 1.91 bits per heavy atom. The minimum Gasteiger partial charge on any atom is -0.497 e. The summed E-state index contributed by atoms with van der Waals surface area (Å²) in [6.07, 6.45) is 0.478. The van der Waals surface area contributed by atoms with Crippen LogP contribution in [0, 0.1) is 5.92 Å². The van der Waals surface area contributed by atoms with Crippen molar-refractivity contribution in [2.45, 2.75) is 27.2 Å². The summed E-state index contributed by atoms with van der Waals surface area (Å²) in [5.74, 6) is 1.38. The molecule has 6 nitrogen and oxygen atoms in total. The van der Waals surface area contributed by atoms with Crippen LogP contribution in [0.1, 0.15) is 27.2 Å². The summed E-state index contributed by atoms with van der Waals surface area (Å²) in [4.78, 5) is 25.2. The van der Waals surface area contributed by atoms with Gasteiger partial charge in [-0.15, -0.1) is 0 Å². The Labute approximate surface area is 137 Å². The first-order valence-corrected chi connectivity index (χ1v) is 7.65. The van der Waals surface area contributed by atoms with E-state index in [1.807, 2.05) is 13.8 Å². The number of nitrogens with one attached hydrogen (secondary N) is 1. The molecule has 23 heavy (non-hydrogen) atoms. The summed E-state index contributed by atoms with van der Waals surface area (Å²) >= 11 is 0. The molecule has 0 aromatic heterocycles. The van der Waals surface area contributed by atoms with Crippen molar-refractivity contribution in [1.82, 2.24) is 5.32 Å². The van der Waals surface area contributed by atoms with Crippen LogP contribution in [0.15, 0.2) is 18.2 Å². The number of ether oxygens (including phenoxy) is 2. The molecule has 1 aromatic carbocycles. The molecule has 0 unspecified atom stereocenters. The first kappa shape index (κ1) is 18.8. The molecule has 6 heteroatoms. The number of benzene rings is 1. The summed E-state index contributed by atoms with van der Waals surface area (Å²) in [5, 5.41) is 2.83. The van der Waals surface area contributed by atoms with Crippen LogP contribution in [0.5, 0.6) is 11.5 Å². The molecule has 0 saturated carbocycles. The molecule has 1 aromatic rings. The first-order chi connectivity index (χ1) is 10.9. The summed E-state index contributed by atoms with van der Waals surface area (Å²) in [6, 6.07) is 5.27. The van der Waals surface area contributed by atoms with E-state index in [2.05, 4.69) is 5.32 Å². The standard InChI is InChI=1S/C17H26N2O4/c1-12(2)10-17(21)18-8-9-19(13(3)20)15-7-6-14(22-4)11-16(15)23-5/h6-7,11-12H,8-10H2,1-5H3,(H,18,21). The molecule has 1 rings (SSSR count). The average Bonchev–Trinajstić information content (AvgIpc) is 2.50. The smallest absolute Gasteiger partial charge is 0.224 e. The third-order valence-electron chi connectivity index (χ3n) is 3.31.